The van der Waals surface area contributed by atoms with Crippen LogP contribution in [-0.2, 0) is 0 Å². The van der Waals surface area contributed by atoms with Crippen LogP contribution in [0, 0.1) is 0 Å². The Morgan fingerprint density at radius 3 is 3.07 bits per heavy atom. The van der Waals surface area contributed by atoms with Crippen LogP contribution >= 0.6 is 0 Å². The van der Waals surface area contributed by atoms with Crippen molar-refractivity contribution in [3.63, 3.8) is 0 Å². The van der Waals surface area contributed by atoms with Crippen molar-refractivity contribution in [2.45, 2.75) is 13.3 Å². The van der Waals surface area contributed by atoms with Crippen LogP contribution in [0.1, 0.15) is 13.3 Å². The molecule has 15 heavy (non-hydrogen) atoms. The number of urea groups is 1. The molecule has 1 aromatic rings. The molecule has 2 heterocycles. The fourth-order valence-corrected chi connectivity index (χ4v) is 1.58. The summed E-state index contributed by atoms with van der Waals surface area (Å²) in [6, 6.07) is 3.52. The smallest absolute Gasteiger partial charge is 0.306 e. The molecule has 4 nitrogen and oxygen atoms in total. The predicted octanol–water partition coefficient (Wildman–Crippen LogP) is 2.22. The van der Waals surface area contributed by atoms with E-state index >= 15 is 0 Å². The number of rotatable bonds is 1. The molecule has 0 fully saturated rings. The normalized spacial score (nSPS) is 15.0. The van der Waals surface area contributed by atoms with Crippen LogP contribution in [0.4, 0.5) is 10.5 Å². The van der Waals surface area contributed by atoms with E-state index in [1.807, 2.05) is 13.0 Å². The average molecular weight is 203 g/mol. The minimum absolute atomic E-state index is 0.0887. The first-order chi connectivity index (χ1) is 7.27. The highest BCUT2D eigenvalue weighted by Crippen LogP contribution is 2.15. The quantitative estimate of drug-likeness (QED) is 0.760. The molecule has 1 N–H and O–H groups in total. The van der Waals surface area contributed by atoms with Gasteiger partial charge in [-0.05, 0) is 25.5 Å². The van der Waals surface area contributed by atoms with E-state index in [9.17, 15) is 4.79 Å². The fraction of sp³-hybridized carbons (Fsp3) is 0.273. The number of hydrogen-bond donors (Lipinski definition) is 1. The number of hydrogen-bond acceptors (Lipinski definition) is 2. The monoisotopic (exact) mass is 203 g/mol. The van der Waals surface area contributed by atoms with Gasteiger partial charge in [0.05, 0.1) is 11.9 Å². The van der Waals surface area contributed by atoms with Gasteiger partial charge in [0.2, 0.25) is 0 Å². The van der Waals surface area contributed by atoms with E-state index in [1.54, 1.807) is 23.4 Å². The van der Waals surface area contributed by atoms with E-state index < -0.39 is 0 Å². The number of nitrogens with zero attached hydrogens (tertiary/aromatic N) is 2. The van der Waals surface area contributed by atoms with Crippen molar-refractivity contribution in [2.75, 3.05) is 11.9 Å². The third kappa shape index (κ3) is 2.15. The Hall–Kier alpha value is -1.84. The molecule has 0 aliphatic carbocycles. The number of anilines is 1. The van der Waals surface area contributed by atoms with E-state index in [-0.39, 0.29) is 6.03 Å². The van der Waals surface area contributed by atoms with Crippen molar-refractivity contribution in [1.82, 2.24) is 9.88 Å². The molecule has 0 spiro atoms. The number of carbonyl (C=O) groups is 1. The summed E-state index contributed by atoms with van der Waals surface area (Å²) in [5.41, 5.74) is 1.73. The van der Waals surface area contributed by atoms with Crippen LogP contribution in [0.25, 0.3) is 0 Å². The number of aromatic nitrogens is 1. The molecule has 4 heteroatoms. The first kappa shape index (κ1) is 9.71. The Bertz CT molecular complexity index is 386. The molecule has 1 aliphatic rings. The van der Waals surface area contributed by atoms with Gasteiger partial charge >= 0.3 is 6.03 Å². The molecule has 1 aromatic heterocycles. The molecule has 2 rings (SSSR count). The zero-order chi connectivity index (χ0) is 10.7. The second kappa shape index (κ2) is 4.13. The maximum absolute atomic E-state index is 11.8. The molecule has 0 unspecified atom stereocenters. The lowest BCUT2D eigenvalue weighted by Gasteiger charge is -2.18. The third-order valence-electron chi connectivity index (χ3n) is 2.38. The van der Waals surface area contributed by atoms with Crippen LogP contribution in [0.2, 0.25) is 0 Å². The Balaban J connectivity index is 2.02. The summed E-state index contributed by atoms with van der Waals surface area (Å²) in [5, 5.41) is 2.80. The van der Waals surface area contributed by atoms with E-state index in [1.165, 1.54) is 0 Å². The van der Waals surface area contributed by atoms with Gasteiger partial charge in [-0.25, -0.2) is 4.79 Å². The Kier molecular flexibility index (Phi) is 2.67. The average Bonchev–Trinajstić information content (AvgIpc) is 2.66. The van der Waals surface area contributed by atoms with Crippen molar-refractivity contribution in [2.24, 2.45) is 0 Å². The highest BCUT2D eigenvalue weighted by molar-refractivity contribution is 5.90. The van der Waals surface area contributed by atoms with E-state index in [4.69, 9.17) is 0 Å². The standard InChI is InChI=1S/C11H13N3O/c1-9-4-3-7-14(9)11(15)13-10-5-2-6-12-8-10/h2,4-6,8H,3,7H2,1H3,(H,13,15). The predicted molar refractivity (Wildman–Crippen MR) is 58.3 cm³/mol. The molecule has 0 bridgehead atoms. The van der Waals surface area contributed by atoms with Crippen molar-refractivity contribution in [1.29, 1.82) is 0 Å². The summed E-state index contributed by atoms with van der Waals surface area (Å²) in [6.45, 7) is 2.70. The van der Waals surface area contributed by atoms with Crippen LogP contribution < -0.4 is 5.32 Å². The van der Waals surface area contributed by atoms with E-state index in [0.717, 1.165) is 24.4 Å². The summed E-state index contributed by atoms with van der Waals surface area (Å²) >= 11 is 0. The number of pyridine rings is 1. The van der Waals surface area contributed by atoms with E-state index in [2.05, 4.69) is 16.4 Å². The van der Waals surface area contributed by atoms with Crippen LogP contribution in [-0.4, -0.2) is 22.5 Å². The maximum Gasteiger partial charge on any atom is 0.326 e. The number of carbonyl (C=O) groups excluding carboxylic acids is 1. The molecule has 78 valence electrons. The molecule has 0 aromatic carbocycles. The zero-order valence-electron chi connectivity index (χ0n) is 8.60. The fourth-order valence-electron chi connectivity index (χ4n) is 1.58. The van der Waals surface area contributed by atoms with Crippen molar-refractivity contribution in [3.8, 4) is 0 Å². The molecule has 2 amide bonds. The molecule has 0 radical (unpaired) electrons. The Morgan fingerprint density at radius 2 is 2.47 bits per heavy atom. The highest BCUT2D eigenvalue weighted by Gasteiger charge is 2.18. The van der Waals surface area contributed by atoms with Gasteiger partial charge in [0.25, 0.3) is 0 Å². The third-order valence-corrected chi connectivity index (χ3v) is 2.38. The Labute approximate surface area is 88.6 Å². The summed E-state index contributed by atoms with van der Waals surface area (Å²) < 4.78 is 0. The van der Waals surface area contributed by atoms with E-state index in [0.29, 0.717) is 0 Å². The van der Waals surface area contributed by atoms with Crippen LogP contribution in [0.3, 0.4) is 0 Å². The lowest BCUT2D eigenvalue weighted by molar-refractivity contribution is 0.228. The zero-order valence-corrected chi connectivity index (χ0v) is 8.60. The lowest BCUT2D eigenvalue weighted by Crippen LogP contribution is -2.31. The van der Waals surface area contributed by atoms with Crippen molar-refractivity contribution >= 4 is 11.7 Å². The number of allylic oxidation sites excluding steroid dienone is 1. The summed E-state index contributed by atoms with van der Waals surface area (Å²) in [6.07, 6.45) is 6.30. The largest absolute Gasteiger partial charge is 0.326 e. The summed E-state index contributed by atoms with van der Waals surface area (Å²) in [4.78, 5) is 17.4. The summed E-state index contributed by atoms with van der Waals surface area (Å²) in [7, 11) is 0. The molecular weight excluding hydrogens is 190 g/mol. The summed E-state index contributed by atoms with van der Waals surface area (Å²) in [5.74, 6) is 0. The lowest BCUT2D eigenvalue weighted by atomic mass is 10.4. The van der Waals surface area contributed by atoms with Gasteiger partial charge in [-0.15, -0.1) is 0 Å². The van der Waals surface area contributed by atoms with Crippen LogP contribution in [0.15, 0.2) is 36.3 Å². The second-order valence-corrected chi connectivity index (χ2v) is 3.46. The topological polar surface area (TPSA) is 45.2 Å². The van der Waals surface area contributed by atoms with Gasteiger partial charge in [0.1, 0.15) is 0 Å². The maximum atomic E-state index is 11.8. The van der Waals surface area contributed by atoms with Gasteiger partial charge in [-0.1, -0.05) is 6.08 Å². The van der Waals surface area contributed by atoms with Gasteiger partial charge in [-0.3, -0.25) is 9.88 Å². The first-order valence-corrected chi connectivity index (χ1v) is 4.92. The molecular formula is C11H13N3O. The van der Waals surface area contributed by atoms with Crippen LogP contribution in [0.5, 0.6) is 0 Å². The molecule has 0 saturated carbocycles. The highest BCUT2D eigenvalue weighted by atomic mass is 16.2. The molecule has 0 saturated heterocycles. The Morgan fingerprint density at radius 1 is 1.60 bits per heavy atom. The van der Waals surface area contributed by atoms with Gasteiger partial charge in [0, 0.05) is 18.4 Å². The first-order valence-electron chi connectivity index (χ1n) is 4.92. The minimum atomic E-state index is -0.0887. The second-order valence-electron chi connectivity index (χ2n) is 3.46. The van der Waals surface area contributed by atoms with Crippen molar-refractivity contribution in [3.05, 3.63) is 36.3 Å². The number of amides is 2. The van der Waals surface area contributed by atoms with Gasteiger partial charge in [-0.2, -0.15) is 0 Å². The SMILES string of the molecule is CC1=CCCN1C(=O)Nc1cccnc1. The van der Waals surface area contributed by atoms with Gasteiger partial charge < -0.3 is 5.32 Å². The van der Waals surface area contributed by atoms with Gasteiger partial charge in [0.15, 0.2) is 0 Å². The van der Waals surface area contributed by atoms with Crippen molar-refractivity contribution < 1.29 is 4.79 Å². The minimum Gasteiger partial charge on any atom is -0.306 e. The number of nitrogens with one attached hydrogen (secondary N) is 1. The molecule has 0 atom stereocenters. The molecule has 1 aliphatic heterocycles.